The van der Waals surface area contributed by atoms with Crippen molar-refractivity contribution in [2.45, 2.75) is 20.4 Å². The van der Waals surface area contributed by atoms with Gasteiger partial charge in [0.05, 0.1) is 11.5 Å². The van der Waals surface area contributed by atoms with Crippen LogP contribution in [0.2, 0.25) is 0 Å². The van der Waals surface area contributed by atoms with Crippen LogP contribution in [0.3, 0.4) is 0 Å². The van der Waals surface area contributed by atoms with Gasteiger partial charge in [-0.25, -0.2) is 0 Å². The Morgan fingerprint density at radius 1 is 1.25 bits per heavy atom. The average molecular weight is 276 g/mol. The fourth-order valence-corrected chi connectivity index (χ4v) is 1.82. The quantitative estimate of drug-likeness (QED) is 0.622. The van der Waals surface area contributed by atoms with Crippen LogP contribution in [0.1, 0.15) is 18.4 Å². The minimum atomic E-state index is -0.410. The Balaban J connectivity index is 2.15. The lowest BCUT2D eigenvalue weighted by Crippen LogP contribution is -2.03. The molecule has 0 aliphatic rings. The van der Waals surface area contributed by atoms with Crippen LogP contribution < -0.4 is 10.6 Å². The van der Waals surface area contributed by atoms with E-state index in [1.54, 1.807) is 0 Å². The normalized spacial score (nSPS) is 10.3. The van der Waals surface area contributed by atoms with E-state index in [0.29, 0.717) is 24.5 Å². The van der Waals surface area contributed by atoms with Crippen LogP contribution in [0.5, 0.6) is 0 Å². The SMILES string of the molecule is CCNc1cc(NCc2cc(C)on2)cc([N+](=O)[O-])c1. The second-order valence-corrected chi connectivity index (χ2v) is 4.34. The van der Waals surface area contributed by atoms with Crippen LogP contribution in [-0.4, -0.2) is 16.6 Å². The predicted octanol–water partition coefficient (Wildman–Crippen LogP) is 2.94. The first kappa shape index (κ1) is 13.9. The van der Waals surface area contributed by atoms with E-state index in [1.165, 1.54) is 12.1 Å². The van der Waals surface area contributed by atoms with Gasteiger partial charge >= 0.3 is 0 Å². The molecule has 7 heteroatoms. The summed E-state index contributed by atoms with van der Waals surface area (Å²) < 4.78 is 4.97. The number of benzene rings is 1. The Kier molecular flexibility index (Phi) is 4.19. The fraction of sp³-hybridized carbons (Fsp3) is 0.308. The Bertz CT molecular complexity index is 609. The van der Waals surface area contributed by atoms with Gasteiger partial charge in [-0.1, -0.05) is 5.16 Å². The first-order chi connectivity index (χ1) is 9.58. The Morgan fingerprint density at radius 2 is 1.95 bits per heavy atom. The molecule has 0 amide bonds. The highest BCUT2D eigenvalue weighted by atomic mass is 16.6. The van der Waals surface area contributed by atoms with Crippen molar-refractivity contribution in [3.63, 3.8) is 0 Å². The molecule has 0 aliphatic carbocycles. The van der Waals surface area contributed by atoms with E-state index in [1.807, 2.05) is 26.0 Å². The van der Waals surface area contributed by atoms with Crippen molar-refractivity contribution in [2.24, 2.45) is 0 Å². The molecule has 0 radical (unpaired) electrons. The van der Waals surface area contributed by atoms with E-state index in [4.69, 9.17) is 4.52 Å². The topological polar surface area (TPSA) is 93.2 Å². The van der Waals surface area contributed by atoms with E-state index in [-0.39, 0.29) is 5.69 Å². The van der Waals surface area contributed by atoms with E-state index in [2.05, 4.69) is 15.8 Å². The molecule has 1 heterocycles. The third-order valence-electron chi connectivity index (χ3n) is 2.66. The maximum Gasteiger partial charge on any atom is 0.273 e. The molecule has 1 aromatic heterocycles. The van der Waals surface area contributed by atoms with Gasteiger partial charge in [-0.3, -0.25) is 10.1 Å². The number of nitro benzene ring substituents is 1. The van der Waals surface area contributed by atoms with Gasteiger partial charge in [-0.05, 0) is 19.9 Å². The molecule has 2 N–H and O–H groups in total. The number of nitro groups is 1. The van der Waals surface area contributed by atoms with Crippen molar-refractivity contribution < 1.29 is 9.45 Å². The molecule has 0 spiro atoms. The number of aromatic nitrogens is 1. The molecule has 0 fully saturated rings. The molecule has 2 rings (SSSR count). The molecule has 0 bridgehead atoms. The first-order valence-electron chi connectivity index (χ1n) is 6.28. The van der Waals surface area contributed by atoms with Gasteiger partial charge in [0.1, 0.15) is 11.5 Å². The smallest absolute Gasteiger partial charge is 0.273 e. The zero-order valence-electron chi connectivity index (χ0n) is 11.3. The molecular formula is C13H16N4O3. The molecule has 0 aliphatic heterocycles. The van der Waals surface area contributed by atoms with E-state index >= 15 is 0 Å². The molecule has 20 heavy (non-hydrogen) atoms. The Hall–Kier alpha value is -2.57. The summed E-state index contributed by atoms with van der Waals surface area (Å²) in [5.74, 6) is 0.731. The third-order valence-corrected chi connectivity index (χ3v) is 2.66. The van der Waals surface area contributed by atoms with Gasteiger partial charge in [0, 0.05) is 36.1 Å². The molecule has 7 nitrogen and oxygen atoms in total. The summed E-state index contributed by atoms with van der Waals surface area (Å²) in [6.07, 6.45) is 0. The third kappa shape index (κ3) is 3.47. The molecule has 0 unspecified atom stereocenters. The van der Waals surface area contributed by atoms with E-state index < -0.39 is 4.92 Å². The summed E-state index contributed by atoms with van der Waals surface area (Å²) in [5, 5.41) is 20.9. The van der Waals surface area contributed by atoms with Crippen molar-refractivity contribution >= 4 is 17.1 Å². The Labute approximate surface area is 116 Å². The summed E-state index contributed by atoms with van der Waals surface area (Å²) in [7, 11) is 0. The number of hydrogen-bond donors (Lipinski definition) is 2. The number of nitrogens with zero attached hydrogens (tertiary/aromatic N) is 2. The van der Waals surface area contributed by atoms with Crippen molar-refractivity contribution in [2.75, 3.05) is 17.2 Å². The summed E-state index contributed by atoms with van der Waals surface area (Å²) in [5.41, 5.74) is 2.16. The Morgan fingerprint density at radius 3 is 2.50 bits per heavy atom. The zero-order chi connectivity index (χ0) is 14.5. The van der Waals surface area contributed by atoms with Crippen molar-refractivity contribution in [3.05, 3.63) is 45.8 Å². The molecule has 0 atom stereocenters. The van der Waals surface area contributed by atoms with Crippen molar-refractivity contribution in [3.8, 4) is 0 Å². The first-order valence-corrected chi connectivity index (χ1v) is 6.28. The van der Waals surface area contributed by atoms with Gasteiger partial charge < -0.3 is 15.2 Å². The largest absolute Gasteiger partial charge is 0.385 e. The van der Waals surface area contributed by atoms with Gasteiger partial charge in [-0.2, -0.15) is 0 Å². The number of rotatable bonds is 6. The second kappa shape index (κ2) is 6.05. The number of anilines is 2. The monoisotopic (exact) mass is 276 g/mol. The van der Waals surface area contributed by atoms with Gasteiger partial charge in [-0.15, -0.1) is 0 Å². The minimum absolute atomic E-state index is 0.0438. The molecular weight excluding hydrogens is 260 g/mol. The lowest BCUT2D eigenvalue weighted by atomic mass is 10.2. The van der Waals surface area contributed by atoms with Crippen LogP contribution in [0.4, 0.5) is 17.1 Å². The summed E-state index contributed by atoms with van der Waals surface area (Å²) >= 11 is 0. The van der Waals surface area contributed by atoms with Crippen LogP contribution in [0, 0.1) is 17.0 Å². The lowest BCUT2D eigenvalue weighted by molar-refractivity contribution is -0.384. The van der Waals surface area contributed by atoms with Crippen molar-refractivity contribution in [1.82, 2.24) is 5.16 Å². The maximum absolute atomic E-state index is 10.9. The number of aryl methyl sites for hydroxylation is 1. The average Bonchev–Trinajstić information content (AvgIpc) is 2.82. The van der Waals surface area contributed by atoms with Crippen LogP contribution in [0.25, 0.3) is 0 Å². The van der Waals surface area contributed by atoms with Crippen LogP contribution in [0.15, 0.2) is 28.8 Å². The number of non-ortho nitro benzene ring substituents is 1. The van der Waals surface area contributed by atoms with Gasteiger partial charge in [0.25, 0.3) is 5.69 Å². The van der Waals surface area contributed by atoms with E-state index in [0.717, 1.165) is 11.5 Å². The zero-order valence-corrected chi connectivity index (χ0v) is 11.3. The summed E-state index contributed by atoms with van der Waals surface area (Å²) in [6.45, 7) is 4.89. The predicted molar refractivity (Wildman–Crippen MR) is 75.8 cm³/mol. The van der Waals surface area contributed by atoms with Gasteiger partial charge in [0.15, 0.2) is 0 Å². The van der Waals surface area contributed by atoms with Crippen molar-refractivity contribution in [1.29, 1.82) is 0 Å². The molecule has 0 saturated heterocycles. The molecule has 1 aromatic carbocycles. The number of nitrogens with one attached hydrogen (secondary N) is 2. The molecule has 106 valence electrons. The fourth-order valence-electron chi connectivity index (χ4n) is 1.82. The lowest BCUT2D eigenvalue weighted by Gasteiger charge is -2.08. The second-order valence-electron chi connectivity index (χ2n) is 4.34. The van der Waals surface area contributed by atoms with E-state index in [9.17, 15) is 10.1 Å². The molecule has 0 saturated carbocycles. The van der Waals surface area contributed by atoms with Gasteiger partial charge in [0.2, 0.25) is 0 Å². The maximum atomic E-state index is 10.9. The van der Waals surface area contributed by atoms with Crippen LogP contribution in [-0.2, 0) is 6.54 Å². The minimum Gasteiger partial charge on any atom is -0.385 e. The summed E-state index contributed by atoms with van der Waals surface area (Å²) in [4.78, 5) is 10.5. The van der Waals surface area contributed by atoms with Crippen LogP contribution >= 0.6 is 0 Å². The molecule has 2 aromatic rings. The number of hydrogen-bond acceptors (Lipinski definition) is 6. The highest BCUT2D eigenvalue weighted by molar-refractivity contribution is 5.63. The highest BCUT2D eigenvalue weighted by Gasteiger charge is 2.10. The standard InChI is InChI=1S/C13H16N4O3/c1-3-14-10-5-11(7-13(6-10)17(18)19)15-8-12-4-9(2)20-16-12/h4-7,14-15H,3,8H2,1-2H3. The summed E-state index contributed by atoms with van der Waals surface area (Å²) in [6, 6.07) is 6.64. The highest BCUT2D eigenvalue weighted by Crippen LogP contribution is 2.24.